The molecular formula is C14H14N2O4. The van der Waals surface area contributed by atoms with Crippen molar-refractivity contribution in [1.82, 2.24) is 4.98 Å². The number of fused-ring (bicyclic) bond motifs is 1. The van der Waals surface area contributed by atoms with E-state index in [0.717, 1.165) is 10.9 Å². The number of aryl methyl sites for hydroxylation is 1. The topological polar surface area (TPSA) is 90.7 Å². The number of benzene rings is 1. The van der Waals surface area contributed by atoms with Crippen LogP contribution in [0.15, 0.2) is 30.3 Å². The monoisotopic (exact) mass is 274 g/mol. The van der Waals surface area contributed by atoms with Gasteiger partial charge in [-0.3, -0.25) is 9.59 Å². The Balaban J connectivity index is 2.48. The van der Waals surface area contributed by atoms with Crippen molar-refractivity contribution < 1.29 is 19.8 Å². The number of hydrogen-bond acceptors (Lipinski definition) is 4. The van der Waals surface area contributed by atoms with Gasteiger partial charge in [0, 0.05) is 5.39 Å². The molecule has 0 spiro atoms. The van der Waals surface area contributed by atoms with Gasteiger partial charge in [-0.15, -0.1) is 0 Å². The molecule has 0 aliphatic heterocycles. The minimum absolute atomic E-state index is 0.383. The number of pyridine rings is 1. The molecule has 104 valence electrons. The number of aromatic nitrogens is 1. The van der Waals surface area contributed by atoms with Crippen molar-refractivity contribution in [1.29, 1.82) is 0 Å². The Bertz CT molecular complexity index is 653. The van der Waals surface area contributed by atoms with E-state index in [1.165, 1.54) is 4.90 Å². The zero-order chi connectivity index (χ0) is 14.7. The molecule has 2 N–H and O–H groups in total. The van der Waals surface area contributed by atoms with Gasteiger partial charge in [-0.25, -0.2) is 4.98 Å². The van der Waals surface area contributed by atoms with Gasteiger partial charge in [-0.2, -0.15) is 0 Å². The lowest BCUT2D eigenvalue weighted by molar-refractivity contribution is -0.136. The van der Waals surface area contributed by atoms with Crippen molar-refractivity contribution in [3.63, 3.8) is 0 Å². The minimum Gasteiger partial charge on any atom is -0.480 e. The number of rotatable bonds is 5. The van der Waals surface area contributed by atoms with Crippen LogP contribution in [0.25, 0.3) is 10.9 Å². The summed E-state index contributed by atoms with van der Waals surface area (Å²) in [6.45, 7) is 0.975. The third kappa shape index (κ3) is 3.03. The predicted molar refractivity (Wildman–Crippen MR) is 74.0 cm³/mol. The zero-order valence-corrected chi connectivity index (χ0v) is 10.9. The van der Waals surface area contributed by atoms with Crippen LogP contribution in [0.1, 0.15) is 5.56 Å². The maximum absolute atomic E-state index is 10.9. The Labute approximate surface area is 115 Å². The number of hydrogen-bond donors (Lipinski definition) is 2. The molecule has 2 rings (SSSR count). The van der Waals surface area contributed by atoms with E-state index < -0.39 is 25.0 Å². The van der Waals surface area contributed by atoms with Gasteiger partial charge in [0.1, 0.15) is 18.9 Å². The van der Waals surface area contributed by atoms with E-state index in [4.69, 9.17) is 10.2 Å². The van der Waals surface area contributed by atoms with Gasteiger partial charge >= 0.3 is 11.9 Å². The predicted octanol–water partition coefficient (Wildman–Crippen LogP) is 1.52. The maximum atomic E-state index is 10.9. The van der Waals surface area contributed by atoms with Gasteiger partial charge in [-0.05, 0) is 24.6 Å². The number of carboxylic acid groups (broad SMARTS) is 2. The lowest BCUT2D eigenvalue weighted by Gasteiger charge is -2.21. The first-order chi connectivity index (χ1) is 9.47. The van der Waals surface area contributed by atoms with Crippen molar-refractivity contribution in [2.24, 2.45) is 0 Å². The summed E-state index contributed by atoms with van der Waals surface area (Å²) in [6.07, 6.45) is 0. The second kappa shape index (κ2) is 5.56. The molecule has 6 heteroatoms. The summed E-state index contributed by atoms with van der Waals surface area (Å²) < 4.78 is 0. The van der Waals surface area contributed by atoms with Gasteiger partial charge in [0.25, 0.3) is 0 Å². The van der Waals surface area contributed by atoms with Crippen LogP contribution in [-0.2, 0) is 9.59 Å². The van der Waals surface area contributed by atoms with Crippen LogP contribution in [-0.4, -0.2) is 40.2 Å². The van der Waals surface area contributed by atoms with Crippen LogP contribution < -0.4 is 4.90 Å². The van der Waals surface area contributed by atoms with Crippen molar-refractivity contribution in [3.05, 3.63) is 35.9 Å². The number of nitrogens with zero attached hydrogens (tertiary/aromatic N) is 2. The highest BCUT2D eigenvalue weighted by Gasteiger charge is 2.18. The number of para-hydroxylation sites is 1. The van der Waals surface area contributed by atoms with Gasteiger partial charge in [0.05, 0.1) is 5.52 Å². The number of carbonyl (C=O) groups is 2. The summed E-state index contributed by atoms with van der Waals surface area (Å²) in [5.74, 6) is -1.81. The average molecular weight is 274 g/mol. The fraction of sp³-hybridized carbons (Fsp3) is 0.214. The highest BCUT2D eigenvalue weighted by Crippen LogP contribution is 2.22. The summed E-state index contributed by atoms with van der Waals surface area (Å²) in [5, 5.41) is 18.7. The molecule has 0 bridgehead atoms. The van der Waals surface area contributed by atoms with Crippen LogP contribution in [0.4, 0.5) is 5.82 Å². The average Bonchev–Trinajstić information content (AvgIpc) is 2.36. The summed E-state index contributed by atoms with van der Waals surface area (Å²) in [4.78, 5) is 27.4. The Kier molecular flexibility index (Phi) is 3.84. The van der Waals surface area contributed by atoms with Crippen molar-refractivity contribution in [3.8, 4) is 0 Å². The van der Waals surface area contributed by atoms with Crippen molar-refractivity contribution >= 4 is 28.7 Å². The lowest BCUT2D eigenvalue weighted by atomic mass is 10.1. The third-order valence-electron chi connectivity index (χ3n) is 2.84. The van der Waals surface area contributed by atoms with Crippen LogP contribution in [0.3, 0.4) is 0 Å². The molecule has 0 fully saturated rings. The molecule has 1 aromatic heterocycles. The minimum atomic E-state index is -1.10. The highest BCUT2D eigenvalue weighted by atomic mass is 16.4. The highest BCUT2D eigenvalue weighted by molar-refractivity contribution is 5.84. The summed E-state index contributed by atoms with van der Waals surface area (Å²) >= 11 is 0. The summed E-state index contributed by atoms with van der Waals surface area (Å²) in [6, 6.07) is 9.28. The van der Waals surface area contributed by atoms with Crippen molar-refractivity contribution in [2.75, 3.05) is 18.0 Å². The molecule has 0 saturated carbocycles. The third-order valence-corrected chi connectivity index (χ3v) is 2.84. The standard InChI is InChI=1S/C14H14N2O4/c1-9-6-10-4-2-3-5-11(10)15-14(9)16(7-12(17)18)8-13(19)20/h2-6H,7-8H2,1H3,(H,17,18)(H,19,20). The Morgan fingerprint density at radius 3 is 2.35 bits per heavy atom. The fourth-order valence-electron chi connectivity index (χ4n) is 2.06. The molecule has 2 aromatic rings. The van der Waals surface area contributed by atoms with E-state index in [1.54, 1.807) is 13.0 Å². The quantitative estimate of drug-likeness (QED) is 0.859. The normalized spacial score (nSPS) is 10.4. The Morgan fingerprint density at radius 1 is 1.15 bits per heavy atom. The number of aliphatic carboxylic acids is 2. The maximum Gasteiger partial charge on any atom is 0.323 e. The SMILES string of the molecule is Cc1cc2ccccc2nc1N(CC(=O)O)CC(=O)O. The van der Waals surface area contributed by atoms with Crippen LogP contribution in [0, 0.1) is 6.92 Å². The van der Waals surface area contributed by atoms with Crippen LogP contribution in [0.5, 0.6) is 0 Å². The van der Waals surface area contributed by atoms with E-state index in [0.29, 0.717) is 11.3 Å². The van der Waals surface area contributed by atoms with Crippen molar-refractivity contribution in [2.45, 2.75) is 6.92 Å². The molecule has 0 aliphatic rings. The van der Waals surface area contributed by atoms with E-state index in [9.17, 15) is 9.59 Å². The Hall–Kier alpha value is -2.63. The molecule has 0 radical (unpaired) electrons. The Morgan fingerprint density at radius 2 is 1.75 bits per heavy atom. The molecule has 6 nitrogen and oxygen atoms in total. The molecule has 1 aromatic carbocycles. The largest absolute Gasteiger partial charge is 0.480 e. The molecule has 0 aliphatic carbocycles. The van der Waals surface area contributed by atoms with Gasteiger partial charge in [0.15, 0.2) is 0 Å². The molecule has 0 amide bonds. The number of anilines is 1. The molecule has 1 heterocycles. The van der Waals surface area contributed by atoms with E-state index >= 15 is 0 Å². The molecular weight excluding hydrogens is 260 g/mol. The fourth-order valence-corrected chi connectivity index (χ4v) is 2.06. The van der Waals surface area contributed by atoms with Gasteiger partial charge in [-0.1, -0.05) is 18.2 Å². The van der Waals surface area contributed by atoms with Crippen LogP contribution in [0.2, 0.25) is 0 Å². The van der Waals surface area contributed by atoms with E-state index in [2.05, 4.69) is 4.98 Å². The smallest absolute Gasteiger partial charge is 0.323 e. The molecule has 0 unspecified atom stereocenters. The first-order valence-electron chi connectivity index (χ1n) is 6.02. The second-order valence-electron chi connectivity index (χ2n) is 4.47. The summed E-state index contributed by atoms with van der Waals surface area (Å²) in [5.41, 5.74) is 1.44. The second-order valence-corrected chi connectivity index (χ2v) is 4.47. The summed E-state index contributed by atoms with van der Waals surface area (Å²) in [7, 11) is 0. The lowest BCUT2D eigenvalue weighted by Crippen LogP contribution is -2.35. The number of carboxylic acids is 2. The van der Waals surface area contributed by atoms with Gasteiger partial charge in [0.2, 0.25) is 0 Å². The van der Waals surface area contributed by atoms with E-state index in [-0.39, 0.29) is 0 Å². The molecule has 0 saturated heterocycles. The first-order valence-corrected chi connectivity index (χ1v) is 6.02. The zero-order valence-electron chi connectivity index (χ0n) is 10.9. The van der Waals surface area contributed by atoms with Crippen LogP contribution >= 0.6 is 0 Å². The van der Waals surface area contributed by atoms with E-state index in [1.807, 2.05) is 24.3 Å². The first kappa shape index (κ1) is 13.8. The molecule has 0 atom stereocenters. The molecule has 20 heavy (non-hydrogen) atoms. The van der Waals surface area contributed by atoms with Gasteiger partial charge < -0.3 is 15.1 Å².